The number of fused-ring (bicyclic) bond motifs is 1. The molecule has 1 atom stereocenters. The third kappa shape index (κ3) is 2.24. The number of thiophene rings is 1. The Morgan fingerprint density at radius 1 is 1.59 bits per heavy atom. The summed E-state index contributed by atoms with van der Waals surface area (Å²) in [4.78, 5) is 11.9. The summed E-state index contributed by atoms with van der Waals surface area (Å²) in [6.07, 6.45) is 1.68. The van der Waals surface area contributed by atoms with Crippen molar-refractivity contribution < 1.29 is 13.7 Å². The third-order valence-electron chi connectivity index (χ3n) is 2.64. The van der Waals surface area contributed by atoms with Gasteiger partial charge in [0.15, 0.2) is 0 Å². The topological polar surface area (TPSA) is 55.4 Å². The Kier molecular flexibility index (Phi) is 3.83. The lowest BCUT2D eigenvalue weighted by Gasteiger charge is -2.11. The summed E-state index contributed by atoms with van der Waals surface area (Å²) in [6, 6.07) is 0. The largest absolute Gasteiger partial charge is 0.462 e. The van der Waals surface area contributed by atoms with Crippen molar-refractivity contribution >= 4 is 33.1 Å². The zero-order chi connectivity index (χ0) is 12.4. The van der Waals surface area contributed by atoms with Gasteiger partial charge in [-0.1, -0.05) is 0 Å². The summed E-state index contributed by atoms with van der Waals surface area (Å²) in [6.45, 7) is 2.14. The first-order chi connectivity index (χ1) is 8.19. The molecule has 0 saturated carbocycles. The van der Waals surface area contributed by atoms with Crippen LogP contribution in [0.4, 0.5) is 5.00 Å². The molecule has 1 unspecified atom stereocenters. The van der Waals surface area contributed by atoms with Gasteiger partial charge in [-0.05, 0) is 25.3 Å². The molecule has 17 heavy (non-hydrogen) atoms. The number of hydrogen-bond donors (Lipinski definition) is 1. The number of carbonyl (C=O) groups is 1. The molecule has 1 N–H and O–H groups in total. The zero-order valence-electron chi connectivity index (χ0n) is 9.87. The minimum Gasteiger partial charge on any atom is -0.462 e. The highest BCUT2D eigenvalue weighted by atomic mass is 32.2. The van der Waals surface area contributed by atoms with Gasteiger partial charge in [-0.15, -0.1) is 11.3 Å². The fraction of sp³-hybridized carbons (Fsp3) is 0.545. The SMILES string of the molecule is CCOC(=O)c1c(NC)sc2c1CCCS2=O. The van der Waals surface area contributed by atoms with Gasteiger partial charge in [-0.25, -0.2) is 4.79 Å². The van der Waals surface area contributed by atoms with Crippen molar-refractivity contribution in [2.75, 3.05) is 24.7 Å². The molecule has 6 heteroatoms. The first-order valence-corrected chi connectivity index (χ1v) is 7.71. The van der Waals surface area contributed by atoms with Crippen molar-refractivity contribution in [3.8, 4) is 0 Å². The molecular weight excluding hydrogens is 258 g/mol. The molecule has 0 saturated heterocycles. The average Bonchev–Trinajstić information content (AvgIpc) is 2.69. The molecule has 0 spiro atoms. The van der Waals surface area contributed by atoms with E-state index in [-0.39, 0.29) is 5.97 Å². The van der Waals surface area contributed by atoms with Crippen LogP contribution in [0.3, 0.4) is 0 Å². The quantitative estimate of drug-likeness (QED) is 0.856. The highest BCUT2D eigenvalue weighted by Crippen LogP contribution is 2.39. The number of anilines is 1. The number of carbonyl (C=O) groups excluding carboxylic acids is 1. The lowest BCUT2D eigenvalue weighted by atomic mass is 10.1. The van der Waals surface area contributed by atoms with Crippen molar-refractivity contribution in [1.82, 2.24) is 0 Å². The summed E-state index contributed by atoms with van der Waals surface area (Å²) in [5, 5.41) is 3.76. The van der Waals surface area contributed by atoms with Gasteiger partial charge >= 0.3 is 5.97 Å². The second-order valence-electron chi connectivity index (χ2n) is 3.70. The first kappa shape index (κ1) is 12.6. The van der Waals surface area contributed by atoms with Crippen LogP contribution in [-0.4, -0.2) is 29.6 Å². The van der Waals surface area contributed by atoms with Crippen LogP contribution in [0.15, 0.2) is 4.21 Å². The Morgan fingerprint density at radius 2 is 2.35 bits per heavy atom. The van der Waals surface area contributed by atoms with Crippen LogP contribution in [0, 0.1) is 0 Å². The molecule has 0 fully saturated rings. The van der Waals surface area contributed by atoms with E-state index in [1.54, 1.807) is 14.0 Å². The van der Waals surface area contributed by atoms with Crippen LogP contribution in [0.1, 0.15) is 29.3 Å². The van der Waals surface area contributed by atoms with Gasteiger partial charge in [0.1, 0.15) is 5.00 Å². The number of ether oxygens (including phenoxy) is 1. The molecule has 0 radical (unpaired) electrons. The average molecular weight is 273 g/mol. The number of rotatable bonds is 3. The van der Waals surface area contributed by atoms with E-state index in [0.717, 1.165) is 27.6 Å². The van der Waals surface area contributed by atoms with Crippen molar-refractivity contribution in [2.45, 2.75) is 24.0 Å². The van der Waals surface area contributed by atoms with Gasteiger partial charge < -0.3 is 10.1 Å². The van der Waals surface area contributed by atoms with Crippen LogP contribution >= 0.6 is 11.3 Å². The number of esters is 1. The van der Waals surface area contributed by atoms with E-state index >= 15 is 0 Å². The molecule has 0 aromatic carbocycles. The number of nitrogens with one attached hydrogen (secondary N) is 1. The third-order valence-corrected chi connectivity index (χ3v) is 5.81. The maximum absolute atomic E-state index is 11.9. The van der Waals surface area contributed by atoms with Crippen LogP contribution in [0.5, 0.6) is 0 Å². The van der Waals surface area contributed by atoms with E-state index in [2.05, 4.69) is 5.32 Å². The molecule has 0 bridgehead atoms. The molecule has 1 aromatic rings. The summed E-state index contributed by atoms with van der Waals surface area (Å²) in [5.41, 5.74) is 1.50. The molecule has 2 rings (SSSR count). The predicted molar refractivity (Wildman–Crippen MR) is 69.4 cm³/mol. The smallest absolute Gasteiger partial charge is 0.341 e. The first-order valence-electron chi connectivity index (χ1n) is 5.58. The van der Waals surface area contributed by atoms with Crippen molar-refractivity contribution in [1.29, 1.82) is 0 Å². The van der Waals surface area contributed by atoms with Gasteiger partial charge in [-0.2, -0.15) is 0 Å². The maximum atomic E-state index is 11.9. The van der Waals surface area contributed by atoms with Gasteiger partial charge in [0.2, 0.25) is 0 Å². The molecule has 0 amide bonds. The van der Waals surface area contributed by atoms with E-state index in [4.69, 9.17) is 4.74 Å². The van der Waals surface area contributed by atoms with Gasteiger partial charge in [0.05, 0.1) is 27.2 Å². The van der Waals surface area contributed by atoms with Gasteiger partial charge in [0, 0.05) is 12.8 Å². The second kappa shape index (κ2) is 5.18. The molecule has 4 nitrogen and oxygen atoms in total. The molecule has 1 aromatic heterocycles. The minimum atomic E-state index is -0.956. The lowest BCUT2D eigenvalue weighted by Crippen LogP contribution is -2.13. The Hall–Kier alpha value is -0.880. The van der Waals surface area contributed by atoms with E-state index in [0.29, 0.717) is 17.9 Å². The van der Waals surface area contributed by atoms with Gasteiger partial charge in [-0.3, -0.25) is 4.21 Å². The highest BCUT2D eigenvalue weighted by Gasteiger charge is 2.29. The molecule has 2 heterocycles. The molecule has 1 aliphatic heterocycles. The van der Waals surface area contributed by atoms with Crippen LogP contribution in [-0.2, 0) is 22.0 Å². The van der Waals surface area contributed by atoms with Crippen LogP contribution < -0.4 is 5.32 Å². The number of hydrogen-bond acceptors (Lipinski definition) is 5. The molecule has 1 aliphatic rings. The summed E-state index contributed by atoms with van der Waals surface area (Å²) in [5.74, 6) is 0.382. The molecular formula is C11H15NO3S2. The van der Waals surface area contributed by atoms with Crippen molar-refractivity contribution in [2.24, 2.45) is 0 Å². The zero-order valence-corrected chi connectivity index (χ0v) is 11.5. The van der Waals surface area contributed by atoms with E-state index in [9.17, 15) is 9.00 Å². The normalized spacial score (nSPS) is 18.6. The van der Waals surface area contributed by atoms with Crippen molar-refractivity contribution in [3.05, 3.63) is 11.1 Å². The standard InChI is InChI=1S/C11H15NO3S2/c1-3-15-10(13)8-7-5-4-6-17(14)11(7)16-9(8)12-2/h12H,3-6H2,1-2H3. The molecule has 94 valence electrons. The summed E-state index contributed by atoms with van der Waals surface area (Å²) < 4.78 is 17.8. The van der Waals surface area contributed by atoms with Crippen molar-refractivity contribution in [3.63, 3.8) is 0 Å². The maximum Gasteiger partial charge on any atom is 0.341 e. The monoisotopic (exact) mass is 273 g/mol. The highest BCUT2D eigenvalue weighted by molar-refractivity contribution is 7.87. The Morgan fingerprint density at radius 3 is 3.00 bits per heavy atom. The predicted octanol–water partition coefficient (Wildman–Crippen LogP) is 2.02. The van der Waals surface area contributed by atoms with Crippen LogP contribution in [0.2, 0.25) is 0 Å². The van der Waals surface area contributed by atoms with E-state index < -0.39 is 10.8 Å². The molecule has 0 aliphatic carbocycles. The lowest BCUT2D eigenvalue weighted by molar-refractivity contribution is 0.0526. The second-order valence-corrected chi connectivity index (χ2v) is 6.48. The summed E-state index contributed by atoms with van der Waals surface area (Å²) in [7, 11) is 0.811. The van der Waals surface area contributed by atoms with Gasteiger partial charge in [0.25, 0.3) is 0 Å². The Labute approximate surface area is 107 Å². The summed E-state index contributed by atoms with van der Waals surface area (Å²) >= 11 is 1.41. The van der Waals surface area contributed by atoms with Crippen LogP contribution in [0.25, 0.3) is 0 Å². The van der Waals surface area contributed by atoms with E-state index in [1.807, 2.05) is 0 Å². The fourth-order valence-corrected chi connectivity index (χ4v) is 4.79. The fourth-order valence-electron chi connectivity index (χ4n) is 1.92. The van der Waals surface area contributed by atoms with E-state index in [1.165, 1.54) is 11.3 Å². The Balaban J connectivity index is 2.49. The Bertz CT molecular complexity index is 468. The minimum absolute atomic E-state index is 0.312.